The van der Waals surface area contributed by atoms with E-state index < -0.39 is 0 Å². The third-order valence-electron chi connectivity index (χ3n) is 2.81. The Bertz CT molecular complexity index is 197. The van der Waals surface area contributed by atoms with Crippen LogP contribution in [0, 0.1) is 0 Å². The second-order valence-electron chi connectivity index (χ2n) is 4.27. The van der Waals surface area contributed by atoms with E-state index in [-0.39, 0.29) is 5.91 Å². The average Bonchev–Trinajstić information content (AvgIpc) is 2.59. The SMILES string of the molecule is CC(=O)NC1CCN(CCCCCO)C1. The van der Waals surface area contributed by atoms with Gasteiger partial charge in [0.2, 0.25) is 5.91 Å². The van der Waals surface area contributed by atoms with Crippen molar-refractivity contribution in [2.75, 3.05) is 26.2 Å². The zero-order chi connectivity index (χ0) is 11.1. The summed E-state index contributed by atoms with van der Waals surface area (Å²) in [7, 11) is 0. The molecule has 1 heterocycles. The van der Waals surface area contributed by atoms with Gasteiger partial charge in [0.25, 0.3) is 0 Å². The molecule has 1 rings (SSSR count). The molecule has 1 aliphatic rings. The number of hydrogen-bond donors (Lipinski definition) is 2. The molecule has 0 aromatic rings. The predicted octanol–water partition coefficient (Wildman–Crippen LogP) is 0.359. The molecule has 4 nitrogen and oxygen atoms in total. The summed E-state index contributed by atoms with van der Waals surface area (Å²) in [5.41, 5.74) is 0. The van der Waals surface area contributed by atoms with Gasteiger partial charge in [-0.2, -0.15) is 0 Å². The maximum Gasteiger partial charge on any atom is 0.217 e. The van der Waals surface area contributed by atoms with E-state index in [1.54, 1.807) is 6.92 Å². The van der Waals surface area contributed by atoms with Crippen molar-refractivity contribution < 1.29 is 9.90 Å². The minimum atomic E-state index is 0.0714. The van der Waals surface area contributed by atoms with Gasteiger partial charge in [-0.05, 0) is 32.2 Å². The fraction of sp³-hybridized carbons (Fsp3) is 0.909. The van der Waals surface area contributed by atoms with Crippen molar-refractivity contribution >= 4 is 5.91 Å². The van der Waals surface area contributed by atoms with E-state index in [1.807, 2.05) is 0 Å². The van der Waals surface area contributed by atoms with E-state index in [9.17, 15) is 4.79 Å². The Balaban J connectivity index is 2.05. The van der Waals surface area contributed by atoms with Crippen LogP contribution in [0.2, 0.25) is 0 Å². The summed E-state index contributed by atoms with van der Waals surface area (Å²) in [5, 5.41) is 11.6. The molecule has 88 valence electrons. The third kappa shape index (κ3) is 5.14. The van der Waals surface area contributed by atoms with Gasteiger partial charge in [0.1, 0.15) is 0 Å². The molecule has 4 heteroatoms. The Kier molecular flexibility index (Phi) is 5.65. The number of nitrogens with zero attached hydrogens (tertiary/aromatic N) is 1. The van der Waals surface area contributed by atoms with Crippen LogP contribution in [-0.4, -0.2) is 48.2 Å². The van der Waals surface area contributed by atoms with Gasteiger partial charge in [0.05, 0.1) is 0 Å². The Labute approximate surface area is 91.6 Å². The largest absolute Gasteiger partial charge is 0.396 e. The van der Waals surface area contributed by atoms with Gasteiger partial charge >= 0.3 is 0 Å². The topological polar surface area (TPSA) is 52.6 Å². The van der Waals surface area contributed by atoms with Crippen molar-refractivity contribution in [3.63, 3.8) is 0 Å². The Hall–Kier alpha value is -0.610. The van der Waals surface area contributed by atoms with Crippen LogP contribution in [0.25, 0.3) is 0 Å². The lowest BCUT2D eigenvalue weighted by Gasteiger charge is -2.15. The highest BCUT2D eigenvalue weighted by atomic mass is 16.2. The number of likely N-dealkylation sites (tertiary alicyclic amines) is 1. The number of carbonyl (C=O) groups excluding carboxylic acids is 1. The van der Waals surface area contributed by atoms with Crippen molar-refractivity contribution in [1.29, 1.82) is 0 Å². The van der Waals surface area contributed by atoms with E-state index in [0.717, 1.165) is 45.3 Å². The number of amides is 1. The minimum Gasteiger partial charge on any atom is -0.396 e. The maximum atomic E-state index is 10.8. The normalized spacial score (nSPS) is 21.9. The zero-order valence-corrected chi connectivity index (χ0v) is 9.54. The molecule has 0 aromatic heterocycles. The van der Waals surface area contributed by atoms with Crippen molar-refractivity contribution in [3.8, 4) is 0 Å². The Morgan fingerprint density at radius 3 is 2.93 bits per heavy atom. The van der Waals surface area contributed by atoms with Gasteiger partial charge in [0.15, 0.2) is 0 Å². The summed E-state index contributed by atoms with van der Waals surface area (Å²) < 4.78 is 0. The van der Waals surface area contributed by atoms with E-state index in [1.165, 1.54) is 0 Å². The molecule has 0 saturated carbocycles. The molecular weight excluding hydrogens is 192 g/mol. The van der Waals surface area contributed by atoms with Crippen LogP contribution in [0.3, 0.4) is 0 Å². The highest BCUT2D eigenvalue weighted by Crippen LogP contribution is 2.10. The molecule has 1 fully saturated rings. The number of aliphatic hydroxyl groups excluding tert-OH is 1. The lowest BCUT2D eigenvalue weighted by molar-refractivity contribution is -0.119. The van der Waals surface area contributed by atoms with Crippen molar-refractivity contribution in [3.05, 3.63) is 0 Å². The van der Waals surface area contributed by atoms with Crippen LogP contribution in [0.15, 0.2) is 0 Å². The van der Waals surface area contributed by atoms with Crippen LogP contribution in [0.4, 0.5) is 0 Å². The molecule has 0 bridgehead atoms. The molecule has 1 amide bonds. The molecule has 15 heavy (non-hydrogen) atoms. The van der Waals surface area contributed by atoms with Gasteiger partial charge in [-0.3, -0.25) is 4.79 Å². The summed E-state index contributed by atoms with van der Waals surface area (Å²) >= 11 is 0. The molecule has 1 unspecified atom stereocenters. The van der Waals surface area contributed by atoms with E-state index >= 15 is 0 Å². The zero-order valence-electron chi connectivity index (χ0n) is 9.54. The van der Waals surface area contributed by atoms with Crippen LogP contribution in [0.5, 0.6) is 0 Å². The highest BCUT2D eigenvalue weighted by molar-refractivity contribution is 5.73. The molecule has 1 saturated heterocycles. The quantitative estimate of drug-likeness (QED) is 0.628. The lowest BCUT2D eigenvalue weighted by Crippen LogP contribution is -2.35. The van der Waals surface area contributed by atoms with Crippen molar-refractivity contribution in [1.82, 2.24) is 10.2 Å². The number of hydrogen-bond acceptors (Lipinski definition) is 3. The first-order valence-corrected chi connectivity index (χ1v) is 5.82. The second-order valence-corrected chi connectivity index (χ2v) is 4.27. The smallest absolute Gasteiger partial charge is 0.217 e. The first-order chi connectivity index (χ1) is 7.22. The predicted molar refractivity (Wildman–Crippen MR) is 59.6 cm³/mol. The second kappa shape index (κ2) is 6.80. The average molecular weight is 214 g/mol. The number of carbonyl (C=O) groups is 1. The third-order valence-corrected chi connectivity index (χ3v) is 2.81. The Morgan fingerprint density at radius 2 is 2.27 bits per heavy atom. The summed E-state index contributed by atoms with van der Waals surface area (Å²) in [4.78, 5) is 13.2. The lowest BCUT2D eigenvalue weighted by atomic mass is 10.2. The van der Waals surface area contributed by atoms with Crippen LogP contribution < -0.4 is 5.32 Å². The molecule has 2 N–H and O–H groups in total. The fourth-order valence-corrected chi connectivity index (χ4v) is 2.07. The summed E-state index contributed by atoms with van der Waals surface area (Å²) in [6, 6.07) is 0.348. The molecule has 0 aliphatic carbocycles. The van der Waals surface area contributed by atoms with Gasteiger partial charge < -0.3 is 15.3 Å². The van der Waals surface area contributed by atoms with Gasteiger partial charge in [-0.15, -0.1) is 0 Å². The monoisotopic (exact) mass is 214 g/mol. The summed E-state index contributed by atoms with van der Waals surface area (Å²) in [5.74, 6) is 0.0714. The first-order valence-electron chi connectivity index (χ1n) is 5.82. The molecular formula is C11H22N2O2. The summed E-state index contributed by atoms with van der Waals surface area (Å²) in [6.45, 7) is 5.04. The van der Waals surface area contributed by atoms with Crippen LogP contribution >= 0.6 is 0 Å². The molecule has 0 radical (unpaired) electrons. The molecule has 0 aromatic carbocycles. The highest BCUT2D eigenvalue weighted by Gasteiger charge is 2.21. The molecule has 1 atom stereocenters. The number of aliphatic hydroxyl groups is 1. The van der Waals surface area contributed by atoms with Gasteiger partial charge in [-0.25, -0.2) is 0 Å². The van der Waals surface area contributed by atoms with Gasteiger partial charge in [-0.1, -0.05) is 0 Å². The number of unbranched alkanes of at least 4 members (excludes halogenated alkanes) is 2. The van der Waals surface area contributed by atoms with Crippen molar-refractivity contribution in [2.24, 2.45) is 0 Å². The van der Waals surface area contributed by atoms with E-state index in [4.69, 9.17) is 5.11 Å². The Morgan fingerprint density at radius 1 is 1.47 bits per heavy atom. The van der Waals surface area contributed by atoms with E-state index in [0.29, 0.717) is 12.6 Å². The fourth-order valence-electron chi connectivity index (χ4n) is 2.07. The van der Waals surface area contributed by atoms with Crippen molar-refractivity contribution in [2.45, 2.75) is 38.6 Å². The van der Waals surface area contributed by atoms with E-state index in [2.05, 4.69) is 10.2 Å². The molecule has 0 spiro atoms. The summed E-state index contributed by atoms with van der Waals surface area (Å²) in [6.07, 6.45) is 4.22. The van der Waals surface area contributed by atoms with Crippen LogP contribution in [-0.2, 0) is 4.79 Å². The standard InChI is InChI=1S/C11H22N2O2/c1-10(15)12-11-5-7-13(9-11)6-3-2-4-8-14/h11,14H,2-9H2,1H3,(H,12,15). The number of rotatable bonds is 6. The number of nitrogens with one attached hydrogen (secondary N) is 1. The van der Waals surface area contributed by atoms with Crippen LogP contribution in [0.1, 0.15) is 32.6 Å². The minimum absolute atomic E-state index is 0.0714. The maximum absolute atomic E-state index is 10.8. The first kappa shape index (κ1) is 12.5. The molecule has 1 aliphatic heterocycles. The van der Waals surface area contributed by atoms with Gasteiger partial charge in [0, 0.05) is 32.7 Å².